The SMILES string of the molecule is CC(Sc1nnc(-c2cccs2)n1CC1CCCO1)C(=O)NCC1CCCCC1. The number of carbonyl (C=O) groups excluding carboxylic acids is 1. The van der Waals surface area contributed by atoms with Crippen LogP contribution in [-0.2, 0) is 16.1 Å². The Morgan fingerprint density at radius 1 is 1.31 bits per heavy atom. The molecular formula is C21H30N4O2S2. The Labute approximate surface area is 180 Å². The van der Waals surface area contributed by atoms with Gasteiger partial charge in [0.25, 0.3) is 0 Å². The number of rotatable bonds is 8. The van der Waals surface area contributed by atoms with Crippen LogP contribution < -0.4 is 5.32 Å². The third kappa shape index (κ3) is 5.41. The van der Waals surface area contributed by atoms with Crippen molar-refractivity contribution in [1.29, 1.82) is 0 Å². The first-order chi connectivity index (χ1) is 14.2. The van der Waals surface area contributed by atoms with E-state index in [1.54, 1.807) is 11.3 Å². The van der Waals surface area contributed by atoms with Crippen LogP contribution >= 0.6 is 23.1 Å². The second-order valence-electron chi connectivity index (χ2n) is 8.04. The highest BCUT2D eigenvalue weighted by atomic mass is 32.2. The Morgan fingerprint density at radius 3 is 2.90 bits per heavy atom. The van der Waals surface area contributed by atoms with Crippen molar-refractivity contribution in [3.05, 3.63) is 17.5 Å². The van der Waals surface area contributed by atoms with Gasteiger partial charge in [-0.3, -0.25) is 9.36 Å². The Balaban J connectivity index is 1.41. The molecule has 0 aromatic carbocycles. The molecule has 2 fully saturated rings. The predicted molar refractivity (Wildman–Crippen MR) is 117 cm³/mol. The summed E-state index contributed by atoms with van der Waals surface area (Å²) in [4.78, 5) is 13.8. The van der Waals surface area contributed by atoms with Crippen molar-refractivity contribution >= 4 is 29.0 Å². The zero-order valence-corrected chi connectivity index (χ0v) is 18.6. The maximum Gasteiger partial charge on any atom is 0.233 e. The molecule has 0 bridgehead atoms. The van der Waals surface area contributed by atoms with E-state index in [0.29, 0.717) is 5.92 Å². The van der Waals surface area contributed by atoms with Crippen LogP contribution in [0.4, 0.5) is 0 Å². The summed E-state index contributed by atoms with van der Waals surface area (Å²) >= 11 is 3.15. The molecule has 158 valence electrons. The smallest absolute Gasteiger partial charge is 0.233 e. The van der Waals surface area contributed by atoms with Crippen molar-refractivity contribution in [2.75, 3.05) is 13.2 Å². The molecule has 29 heavy (non-hydrogen) atoms. The number of carbonyl (C=O) groups is 1. The van der Waals surface area contributed by atoms with Crippen molar-refractivity contribution in [3.8, 4) is 10.7 Å². The summed E-state index contributed by atoms with van der Waals surface area (Å²) in [7, 11) is 0. The van der Waals surface area contributed by atoms with Gasteiger partial charge >= 0.3 is 0 Å². The molecule has 1 N–H and O–H groups in total. The van der Waals surface area contributed by atoms with Crippen LogP contribution in [0.2, 0.25) is 0 Å². The molecule has 2 atom stereocenters. The lowest BCUT2D eigenvalue weighted by molar-refractivity contribution is -0.120. The summed E-state index contributed by atoms with van der Waals surface area (Å²) in [6.45, 7) is 4.31. The van der Waals surface area contributed by atoms with Gasteiger partial charge in [-0.15, -0.1) is 21.5 Å². The lowest BCUT2D eigenvalue weighted by Gasteiger charge is -2.22. The molecule has 0 spiro atoms. The zero-order valence-electron chi connectivity index (χ0n) is 17.0. The van der Waals surface area contributed by atoms with Crippen molar-refractivity contribution in [2.45, 2.75) is 74.9 Å². The van der Waals surface area contributed by atoms with Crippen LogP contribution in [0.1, 0.15) is 51.9 Å². The van der Waals surface area contributed by atoms with Crippen molar-refractivity contribution in [3.63, 3.8) is 0 Å². The summed E-state index contributed by atoms with van der Waals surface area (Å²) in [5.41, 5.74) is 0. The van der Waals surface area contributed by atoms with E-state index >= 15 is 0 Å². The van der Waals surface area contributed by atoms with Gasteiger partial charge in [-0.1, -0.05) is 37.1 Å². The first kappa shape index (κ1) is 20.9. The number of thioether (sulfide) groups is 1. The van der Waals surface area contributed by atoms with E-state index < -0.39 is 0 Å². The van der Waals surface area contributed by atoms with Crippen LogP contribution in [-0.4, -0.2) is 45.2 Å². The Bertz CT molecular complexity index is 781. The fourth-order valence-corrected chi connectivity index (χ4v) is 5.71. The number of hydrogen-bond acceptors (Lipinski definition) is 6. The first-order valence-corrected chi connectivity index (χ1v) is 12.5. The highest BCUT2D eigenvalue weighted by molar-refractivity contribution is 8.00. The molecule has 1 saturated carbocycles. The quantitative estimate of drug-likeness (QED) is 0.625. The standard InChI is InChI=1S/C21H30N4O2S2/c1-15(20(26)22-13-16-7-3-2-4-8-16)29-21-24-23-19(18-10-6-12-28-18)25(21)14-17-9-5-11-27-17/h6,10,12,15-17H,2-5,7-9,11,13-14H2,1H3,(H,22,26). The molecule has 2 aromatic rings. The van der Waals surface area contributed by atoms with Crippen molar-refractivity contribution in [1.82, 2.24) is 20.1 Å². The van der Waals surface area contributed by atoms with E-state index in [1.807, 2.05) is 13.0 Å². The van der Waals surface area contributed by atoms with Crippen molar-refractivity contribution < 1.29 is 9.53 Å². The van der Waals surface area contributed by atoms with Gasteiger partial charge in [0.15, 0.2) is 11.0 Å². The van der Waals surface area contributed by atoms with E-state index in [0.717, 1.165) is 48.4 Å². The average Bonchev–Trinajstić information content (AvgIpc) is 3.50. The molecule has 0 radical (unpaired) electrons. The second kappa shape index (κ2) is 10.1. The third-order valence-corrected chi connectivity index (χ3v) is 7.76. The summed E-state index contributed by atoms with van der Waals surface area (Å²) in [6.07, 6.45) is 8.76. The third-order valence-electron chi connectivity index (χ3n) is 5.81. The highest BCUT2D eigenvalue weighted by Gasteiger charge is 2.25. The largest absolute Gasteiger partial charge is 0.376 e. The Morgan fingerprint density at radius 2 is 2.17 bits per heavy atom. The van der Waals surface area contributed by atoms with Gasteiger partial charge in [-0.2, -0.15) is 0 Å². The topological polar surface area (TPSA) is 69.0 Å². The van der Waals surface area contributed by atoms with Gasteiger partial charge in [-0.05, 0) is 50.0 Å². The molecule has 3 heterocycles. The molecule has 2 unspecified atom stereocenters. The minimum atomic E-state index is -0.206. The van der Waals surface area contributed by atoms with Gasteiger partial charge in [0.1, 0.15) is 0 Å². The monoisotopic (exact) mass is 434 g/mol. The number of thiophene rings is 1. The number of ether oxygens (including phenoxy) is 1. The summed E-state index contributed by atoms with van der Waals surface area (Å²) in [6, 6.07) is 4.09. The van der Waals surface area contributed by atoms with Gasteiger partial charge in [0, 0.05) is 13.2 Å². The average molecular weight is 435 g/mol. The van der Waals surface area contributed by atoms with Crippen molar-refractivity contribution in [2.24, 2.45) is 5.92 Å². The number of hydrogen-bond donors (Lipinski definition) is 1. The van der Waals surface area contributed by atoms with Crippen LogP contribution in [0.5, 0.6) is 0 Å². The van der Waals surface area contributed by atoms with Gasteiger partial charge in [0.2, 0.25) is 5.91 Å². The molecule has 1 aliphatic carbocycles. The van der Waals surface area contributed by atoms with E-state index in [1.165, 1.54) is 43.9 Å². The molecular weight excluding hydrogens is 404 g/mol. The fraction of sp³-hybridized carbons (Fsp3) is 0.667. The van der Waals surface area contributed by atoms with Crippen LogP contribution in [0.3, 0.4) is 0 Å². The van der Waals surface area contributed by atoms with E-state index in [9.17, 15) is 4.79 Å². The molecule has 8 heteroatoms. The maximum atomic E-state index is 12.7. The molecule has 4 rings (SSSR count). The maximum absolute atomic E-state index is 12.7. The second-order valence-corrected chi connectivity index (χ2v) is 10.3. The molecule has 2 aliphatic rings. The minimum absolute atomic E-state index is 0.0879. The molecule has 2 aromatic heterocycles. The molecule has 6 nitrogen and oxygen atoms in total. The molecule has 1 saturated heterocycles. The van der Waals surface area contributed by atoms with Gasteiger partial charge < -0.3 is 10.1 Å². The number of nitrogens with one attached hydrogen (secondary N) is 1. The summed E-state index contributed by atoms with van der Waals surface area (Å²) in [5, 5.41) is 14.7. The lowest BCUT2D eigenvalue weighted by Crippen LogP contribution is -2.35. The number of nitrogens with zero attached hydrogens (tertiary/aromatic N) is 3. The highest BCUT2D eigenvalue weighted by Crippen LogP contribution is 2.31. The fourth-order valence-electron chi connectivity index (χ4n) is 4.11. The van der Waals surface area contributed by atoms with Gasteiger partial charge in [-0.25, -0.2) is 0 Å². The Hall–Kier alpha value is -1.38. The summed E-state index contributed by atoms with van der Waals surface area (Å²) < 4.78 is 7.99. The van der Waals surface area contributed by atoms with E-state index in [4.69, 9.17) is 4.74 Å². The van der Waals surface area contributed by atoms with Crippen LogP contribution in [0, 0.1) is 5.92 Å². The molecule has 1 aliphatic heterocycles. The Kier molecular flexibility index (Phi) is 7.26. The normalized spacial score (nSPS) is 21.3. The first-order valence-electron chi connectivity index (χ1n) is 10.7. The van der Waals surface area contributed by atoms with E-state index in [2.05, 4.69) is 31.5 Å². The number of aromatic nitrogens is 3. The number of amides is 1. The minimum Gasteiger partial charge on any atom is -0.376 e. The van der Waals surface area contributed by atoms with Crippen LogP contribution in [0.15, 0.2) is 22.7 Å². The predicted octanol–water partition coefficient (Wildman–Crippen LogP) is 4.36. The zero-order chi connectivity index (χ0) is 20.1. The summed E-state index contributed by atoms with van der Waals surface area (Å²) in [5.74, 6) is 1.59. The van der Waals surface area contributed by atoms with Crippen LogP contribution in [0.25, 0.3) is 10.7 Å². The van der Waals surface area contributed by atoms with E-state index in [-0.39, 0.29) is 17.3 Å². The lowest BCUT2D eigenvalue weighted by atomic mass is 9.89. The van der Waals surface area contributed by atoms with Gasteiger partial charge in [0.05, 0.1) is 22.8 Å². The molecule has 1 amide bonds.